The van der Waals surface area contributed by atoms with Crippen LogP contribution >= 0.6 is 0 Å². The molecule has 0 saturated carbocycles. The van der Waals surface area contributed by atoms with Gasteiger partial charge >= 0.3 is 116 Å². The molecular formula is C14H10Cl2NOZr. The molecular weight excluding hydrogens is 360 g/mol. The Morgan fingerprint density at radius 2 is 1.95 bits per heavy atom. The molecule has 0 unspecified atom stereocenters. The summed E-state index contributed by atoms with van der Waals surface area (Å²) in [6.45, 7) is 0. The number of para-hydroxylation sites is 1. The van der Waals surface area contributed by atoms with Crippen molar-refractivity contribution in [2.75, 3.05) is 0 Å². The van der Waals surface area contributed by atoms with Gasteiger partial charge in [-0.2, -0.15) is 0 Å². The predicted octanol–water partition coefficient (Wildman–Crippen LogP) is -2.57. The fraction of sp³-hybridized carbons (Fsp3) is 0.0714. The predicted molar refractivity (Wildman–Crippen MR) is 64.1 cm³/mol. The van der Waals surface area contributed by atoms with Crippen molar-refractivity contribution in [3.63, 3.8) is 0 Å². The molecule has 1 aliphatic rings. The van der Waals surface area contributed by atoms with Crippen LogP contribution in [0.1, 0.15) is 12.1 Å². The Bertz CT molecular complexity index is 640. The molecule has 0 fully saturated rings. The van der Waals surface area contributed by atoms with E-state index in [1.54, 1.807) is 0 Å². The molecule has 0 bridgehead atoms. The van der Waals surface area contributed by atoms with Crippen molar-refractivity contribution < 1.29 is 52.8 Å². The van der Waals surface area contributed by atoms with E-state index in [4.69, 9.17) is 7.80 Å². The van der Waals surface area contributed by atoms with Crippen molar-refractivity contribution >= 4 is 16.5 Å². The molecule has 1 heterocycles. The second kappa shape index (κ2) is 7.23. The van der Waals surface area contributed by atoms with E-state index in [-0.39, 0.29) is 24.8 Å². The van der Waals surface area contributed by atoms with Crippen LogP contribution in [-0.4, -0.2) is 4.98 Å². The van der Waals surface area contributed by atoms with Gasteiger partial charge in [-0.25, -0.2) is 0 Å². The molecule has 0 aliphatic heterocycles. The quantitative estimate of drug-likeness (QED) is 0.580. The van der Waals surface area contributed by atoms with Gasteiger partial charge in [0.15, 0.2) is 0 Å². The average Bonchev–Trinajstić information content (AvgIpc) is 2.91. The van der Waals surface area contributed by atoms with E-state index in [0.717, 1.165) is 53.9 Å². The Kier molecular flexibility index (Phi) is 6.25. The zero-order valence-corrected chi connectivity index (χ0v) is 13.9. The zero-order chi connectivity index (χ0) is 11.7. The Hall–Kier alpha value is -0.627. The number of nitrogens with zero attached hydrogens (tertiary/aromatic N) is 1. The summed E-state index contributed by atoms with van der Waals surface area (Å²) in [6, 6.07) is 10.2. The van der Waals surface area contributed by atoms with Gasteiger partial charge in [0.2, 0.25) is 0 Å². The fourth-order valence-corrected chi connectivity index (χ4v) is 2.42. The number of benzene rings is 1. The van der Waals surface area contributed by atoms with Crippen LogP contribution in [0.4, 0.5) is 0 Å². The summed E-state index contributed by atoms with van der Waals surface area (Å²) in [5.41, 5.74) is 3.27. The Morgan fingerprint density at radius 1 is 1.11 bits per heavy atom. The minimum absolute atomic E-state index is 0. The molecule has 19 heavy (non-hydrogen) atoms. The topological polar surface area (TPSA) is 22.1 Å². The molecule has 1 aromatic carbocycles. The monoisotopic (exact) mass is 368 g/mol. The van der Waals surface area contributed by atoms with E-state index in [1.807, 2.05) is 12.1 Å². The van der Waals surface area contributed by atoms with Crippen LogP contribution in [0, 0.1) is 0 Å². The number of fused-ring (bicyclic) bond motifs is 1. The minimum atomic E-state index is 0. The SMILES string of the molecule is [Cl-].[Cl-].[Zr+2][O]c1cccc2ccc(C3=CC=CC3)nc12. The molecule has 2 aromatic rings. The first-order valence-electron chi connectivity index (χ1n) is 5.48. The molecule has 1 aromatic heterocycles. The number of rotatable bonds is 2. The van der Waals surface area contributed by atoms with Crippen LogP contribution in [0.2, 0.25) is 0 Å². The van der Waals surface area contributed by atoms with Gasteiger partial charge < -0.3 is 24.8 Å². The maximum atomic E-state index is 5.44. The summed E-state index contributed by atoms with van der Waals surface area (Å²) >= 11 is 1.04. The molecule has 0 spiro atoms. The number of aromatic nitrogens is 1. The molecule has 2 nitrogen and oxygen atoms in total. The van der Waals surface area contributed by atoms with Gasteiger partial charge in [-0.1, -0.05) is 0 Å². The summed E-state index contributed by atoms with van der Waals surface area (Å²) in [5, 5.41) is 1.13. The second-order valence-electron chi connectivity index (χ2n) is 3.95. The Balaban J connectivity index is 0.000000902. The number of halogens is 2. The summed E-state index contributed by atoms with van der Waals surface area (Å²) in [4.78, 5) is 4.71. The van der Waals surface area contributed by atoms with Crippen LogP contribution in [0.15, 0.2) is 48.6 Å². The standard InChI is InChI=1S/C14H11NO.2ClH.Zr/c16-13-7-3-6-11-8-9-12(15-14(11)13)10-4-1-2-5-10;;;/h1-4,6-9,16H,5H2;2*1H;/q;;;+3/p-3. The molecule has 0 saturated heterocycles. The third-order valence-corrected chi connectivity index (χ3v) is 3.43. The van der Waals surface area contributed by atoms with Crippen LogP contribution in [-0.2, 0) is 25.2 Å². The molecule has 1 aliphatic carbocycles. The number of allylic oxidation sites excluding steroid dienone is 4. The van der Waals surface area contributed by atoms with Crippen molar-refractivity contribution in [2.24, 2.45) is 0 Å². The third-order valence-electron chi connectivity index (χ3n) is 2.89. The first-order valence-corrected chi connectivity index (χ1v) is 6.48. The van der Waals surface area contributed by atoms with Crippen LogP contribution in [0.25, 0.3) is 16.5 Å². The number of hydrogen-bond donors (Lipinski definition) is 0. The average molecular weight is 370 g/mol. The van der Waals surface area contributed by atoms with Gasteiger partial charge in [0.1, 0.15) is 0 Å². The first-order chi connectivity index (χ1) is 8.38. The van der Waals surface area contributed by atoms with Crippen molar-refractivity contribution in [1.82, 2.24) is 4.98 Å². The van der Waals surface area contributed by atoms with Crippen LogP contribution in [0.3, 0.4) is 0 Å². The molecule has 95 valence electrons. The maximum absolute atomic E-state index is 5.44. The summed E-state index contributed by atoms with van der Waals surface area (Å²) < 4.78 is 5.44. The van der Waals surface area contributed by atoms with Gasteiger partial charge in [-0.15, -0.1) is 0 Å². The molecule has 0 atom stereocenters. The van der Waals surface area contributed by atoms with Gasteiger partial charge in [0, 0.05) is 0 Å². The van der Waals surface area contributed by atoms with Gasteiger partial charge in [0.05, 0.1) is 0 Å². The molecule has 3 rings (SSSR count). The fourth-order valence-electron chi connectivity index (χ4n) is 2.02. The molecule has 5 heteroatoms. The molecule has 0 N–H and O–H groups in total. The summed E-state index contributed by atoms with van der Waals surface area (Å²) in [7, 11) is 0. The summed E-state index contributed by atoms with van der Waals surface area (Å²) in [6.07, 6.45) is 7.32. The van der Waals surface area contributed by atoms with E-state index in [2.05, 4.69) is 36.4 Å². The van der Waals surface area contributed by atoms with Crippen molar-refractivity contribution in [1.29, 1.82) is 0 Å². The Morgan fingerprint density at radius 3 is 2.63 bits per heavy atom. The van der Waals surface area contributed by atoms with Crippen molar-refractivity contribution in [3.05, 3.63) is 54.3 Å². The zero-order valence-electron chi connectivity index (χ0n) is 9.94. The van der Waals surface area contributed by atoms with Crippen LogP contribution in [0.5, 0.6) is 5.75 Å². The number of hydrogen-bond acceptors (Lipinski definition) is 2. The van der Waals surface area contributed by atoms with E-state index < -0.39 is 0 Å². The van der Waals surface area contributed by atoms with E-state index in [0.29, 0.717) is 0 Å². The Labute approximate surface area is 140 Å². The van der Waals surface area contributed by atoms with Gasteiger partial charge in [-0.3, -0.25) is 0 Å². The summed E-state index contributed by atoms with van der Waals surface area (Å²) in [5.74, 6) is 0.870. The van der Waals surface area contributed by atoms with E-state index in [9.17, 15) is 0 Å². The number of pyridine rings is 1. The third kappa shape index (κ3) is 3.28. The second-order valence-corrected chi connectivity index (χ2v) is 4.45. The van der Waals surface area contributed by atoms with E-state index >= 15 is 0 Å². The van der Waals surface area contributed by atoms with Gasteiger partial charge in [-0.05, 0) is 0 Å². The molecule has 0 amide bonds. The normalized spacial score (nSPS) is 12.6. The van der Waals surface area contributed by atoms with Crippen molar-refractivity contribution in [2.45, 2.75) is 6.42 Å². The van der Waals surface area contributed by atoms with Crippen molar-refractivity contribution in [3.8, 4) is 5.75 Å². The van der Waals surface area contributed by atoms with Gasteiger partial charge in [0.25, 0.3) is 0 Å². The first kappa shape index (κ1) is 16.4. The molecule has 0 radical (unpaired) electrons. The van der Waals surface area contributed by atoms with Crippen LogP contribution < -0.4 is 27.6 Å². The van der Waals surface area contributed by atoms with E-state index in [1.165, 1.54) is 5.57 Å².